The fourth-order valence-electron chi connectivity index (χ4n) is 5.90. The van der Waals surface area contributed by atoms with Crippen LogP contribution in [0.5, 0.6) is 17.2 Å². The second-order valence-corrected chi connectivity index (χ2v) is 19.4. The lowest BCUT2D eigenvalue weighted by atomic mass is 10.2. The van der Waals surface area contributed by atoms with Crippen LogP contribution in [0.4, 0.5) is 9.59 Å². The van der Waals surface area contributed by atoms with Crippen molar-refractivity contribution in [3.63, 3.8) is 0 Å². The lowest BCUT2D eigenvalue weighted by Crippen LogP contribution is -2.50. The zero-order valence-corrected chi connectivity index (χ0v) is 38.4. The number of nitrogens with one attached hydrogen (secondary N) is 3. The molecule has 0 aliphatic rings. The molecule has 5 rings (SSSR count). The zero-order valence-electron chi connectivity index (χ0n) is 34.7. The van der Waals surface area contributed by atoms with Crippen LogP contribution in [0.2, 0.25) is 0 Å². The van der Waals surface area contributed by atoms with Gasteiger partial charge < -0.3 is 34.7 Å². The molecule has 0 saturated heterocycles. The van der Waals surface area contributed by atoms with Gasteiger partial charge in [-0.15, -0.1) is 10.2 Å². The van der Waals surface area contributed by atoms with E-state index in [-0.39, 0.29) is 41.1 Å². The number of rotatable bonds is 19. The molecule has 0 spiro atoms. The summed E-state index contributed by atoms with van der Waals surface area (Å²) in [4.78, 5) is 24.0. The smallest absolute Gasteiger partial charge is 0.407 e. The van der Waals surface area contributed by atoms with Gasteiger partial charge in [0.15, 0.2) is 0 Å². The number of carbonyl (C=O) groups excluding carboxylic acids is 1. The van der Waals surface area contributed by atoms with E-state index in [0.29, 0.717) is 28.4 Å². The number of amides is 2. The molecule has 1 atom stereocenters. The predicted molar refractivity (Wildman–Crippen MR) is 235 cm³/mol. The summed E-state index contributed by atoms with van der Waals surface area (Å²) in [6, 6.07) is 21.9. The third-order valence-corrected chi connectivity index (χ3v) is 13.3. The van der Waals surface area contributed by atoms with Gasteiger partial charge in [-0.2, -0.15) is 9.10 Å². The maximum absolute atomic E-state index is 15.5. The number of carboxylic acid groups (broad SMARTS) is 1. The Morgan fingerprint density at radius 2 is 1.31 bits per heavy atom. The van der Waals surface area contributed by atoms with E-state index in [0.717, 1.165) is 15.9 Å². The summed E-state index contributed by atoms with van der Waals surface area (Å²) in [7, 11) is -5.15. The molecule has 19 nitrogen and oxygen atoms in total. The molecule has 0 aliphatic carbocycles. The van der Waals surface area contributed by atoms with Crippen molar-refractivity contribution >= 4 is 54.8 Å². The van der Waals surface area contributed by atoms with Crippen molar-refractivity contribution in [2.75, 3.05) is 34.4 Å². The van der Waals surface area contributed by atoms with Crippen LogP contribution in [0.15, 0.2) is 94.7 Å². The van der Waals surface area contributed by atoms with Gasteiger partial charge in [-0.1, -0.05) is 36.4 Å². The average molecular weight is 1010 g/mol. The summed E-state index contributed by atoms with van der Waals surface area (Å²) < 4.78 is 84.8. The Labute approximate surface area is 373 Å². The number of methoxy groups -OCH3 is 3. The standard InChI is InChI=1S/C40H47IN8O11S2/c1-40(2,3)60-39(52)42-21-29(44-38(50)51)22-43-61(53,54)34-20-19-33(41)35(37-45-47-49(46-37)25-28-11-17-32(59-6)18-12-28)36(34)62(55,56)48(23-26-7-13-30(57-4)14-8-26)24-27-9-15-31(58-5)16-10-27/h7-20,29,43-44H,21-25H2,1-6H3,(H,42,52)(H,50,51). The quantitative estimate of drug-likeness (QED) is 0.0809. The number of halogens is 1. The Balaban J connectivity index is 1.63. The molecule has 0 bridgehead atoms. The van der Waals surface area contributed by atoms with Gasteiger partial charge in [0.05, 0.1) is 39.5 Å². The van der Waals surface area contributed by atoms with Crippen LogP contribution in [0.3, 0.4) is 0 Å². The highest BCUT2D eigenvalue weighted by Crippen LogP contribution is 2.38. The maximum atomic E-state index is 15.5. The Morgan fingerprint density at radius 1 is 0.790 bits per heavy atom. The molecule has 5 aromatic rings. The largest absolute Gasteiger partial charge is 0.497 e. The topological polar surface area (TPSA) is 242 Å². The Kier molecular flexibility index (Phi) is 15.7. The van der Waals surface area contributed by atoms with E-state index in [2.05, 4.69) is 30.8 Å². The van der Waals surface area contributed by atoms with Crippen molar-refractivity contribution in [2.45, 2.75) is 61.8 Å². The Hall–Kier alpha value is -5.56. The minimum atomic E-state index is -4.87. The van der Waals surface area contributed by atoms with Crippen LogP contribution >= 0.6 is 22.6 Å². The number of carbonyl (C=O) groups is 2. The number of alkyl carbamates (subject to hydrolysis) is 1. The van der Waals surface area contributed by atoms with Crippen LogP contribution in [0.1, 0.15) is 37.5 Å². The molecule has 22 heteroatoms. The maximum Gasteiger partial charge on any atom is 0.407 e. The van der Waals surface area contributed by atoms with E-state index in [1.165, 1.54) is 25.1 Å². The zero-order chi connectivity index (χ0) is 45.2. The first kappa shape index (κ1) is 47.5. The van der Waals surface area contributed by atoms with Gasteiger partial charge in [-0.25, -0.2) is 31.1 Å². The molecule has 62 heavy (non-hydrogen) atoms. The summed E-state index contributed by atoms with van der Waals surface area (Å²) >= 11 is 1.89. The SMILES string of the molecule is COc1ccc(CN(Cc2ccc(OC)cc2)S(=O)(=O)c2c(S(=O)(=O)NCC(CNC(=O)OC(C)(C)C)NC(=O)O)ccc(I)c2-c2nnn(Cc3ccc(OC)cc3)n2)cc1. The molecular formula is C40H47IN8O11S2. The van der Waals surface area contributed by atoms with Crippen molar-refractivity contribution in [2.24, 2.45) is 0 Å². The number of benzene rings is 4. The highest BCUT2D eigenvalue weighted by molar-refractivity contribution is 14.1. The van der Waals surface area contributed by atoms with E-state index in [1.807, 2.05) is 22.6 Å². The van der Waals surface area contributed by atoms with Gasteiger partial charge in [0.1, 0.15) is 32.6 Å². The van der Waals surface area contributed by atoms with Gasteiger partial charge in [0, 0.05) is 29.7 Å². The summed E-state index contributed by atoms with van der Waals surface area (Å²) in [5.74, 6) is 1.53. The van der Waals surface area contributed by atoms with Crippen LogP contribution in [-0.2, 0) is 44.4 Å². The molecule has 0 saturated carbocycles. The molecule has 0 fully saturated rings. The summed E-state index contributed by atoms with van der Waals surface area (Å²) in [5, 5.41) is 27.0. The molecule has 2 amide bonds. The van der Waals surface area contributed by atoms with E-state index in [1.54, 1.807) is 101 Å². The first-order valence-electron chi connectivity index (χ1n) is 18.8. The molecule has 1 unspecified atom stereocenters. The fourth-order valence-corrected chi connectivity index (χ4v) is 10.3. The Bertz CT molecular complexity index is 2500. The minimum absolute atomic E-state index is 0.131. The van der Waals surface area contributed by atoms with Gasteiger partial charge in [0.25, 0.3) is 0 Å². The minimum Gasteiger partial charge on any atom is -0.497 e. The van der Waals surface area contributed by atoms with E-state index < -0.39 is 60.2 Å². The van der Waals surface area contributed by atoms with Gasteiger partial charge in [-0.05, 0) is 114 Å². The summed E-state index contributed by atoms with van der Waals surface area (Å²) in [6.07, 6.45) is -2.37. The fraction of sp³-hybridized carbons (Fsp3) is 0.325. The van der Waals surface area contributed by atoms with Gasteiger partial charge in [0.2, 0.25) is 25.9 Å². The highest BCUT2D eigenvalue weighted by Gasteiger charge is 2.37. The molecule has 4 N–H and O–H groups in total. The van der Waals surface area contributed by atoms with Crippen LogP contribution in [-0.4, -0.2) is 105 Å². The van der Waals surface area contributed by atoms with Gasteiger partial charge in [-0.3, -0.25) is 0 Å². The highest BCUT2D eigenvalue weighted by atomic mass is 127. The lowest BCUT2D eigenvalue weighted by molar-refractivity contribution is 0.0522. The average Bonchev–Trinajstić information content (AvgIpc) is 3.69. The van der Waals surface area contributed by atoms with E-state index in [4.69, 9.17) is 18.9 Å². The third-order valence-electron chi connectivity index (χ3n) is 8.89. The second kappa shape index (κ2) is 20.5. The van der Waals surface area contributed by atoms with Crippen LogP contribution < -0.4 is 29.6 Å². The van der Waals surface area contributed by atoms with Gasteiger partial charge >= 0.3 is 12.2 Å². The van der Waals surface area contributed by atoms with Crippen molar-refractivity contribution < 1.29 is 50.5 Å². The number of ether oxygens (including phenoxy) is 4. The first-order valence-corrected chi connectivity index (χ1v) is 22.8. The normalized spacial score (nSPS) is 12.4. The van der Waals surface area contributed by atoms with Crippen molar-refractivity contribution in [3.05, 3.63) is 105 Å². The number of hydrogen-bond donors (Lipinski definition) is 4. The number of aromatic nitrogens is 4. The lowest BCUT2D eigenvalue weighted by Gasteiger charge is -2.26. The first-order chi connectivity index (χ1) is 29.3. The van der Waals surface area contributed by atoms with Crippen LogP contribution in [0.25, 0.3) is 11.4 Å². The summed E-state index contributed by atoms with van der Waals surface area (Å²) in [6.45, 7) is 3.63. The van der Waals surface area contributed by atoms with E-state index >= 15 is 8.42 Å². The van der Waals surface area contributed by atoms with Crippen LogP contribution in [0, 0.1) is 3.57 Å². The summed E-state index contributed by atoms with van der Waals surface area (Å²) in [5.41, 5.74) is 0.878. The predicted octanol–water partition coefficient (Wildman–Crippen LogP) is 4.85. The number of hydrogen-bond acceptors (Lipinski definition) is 13. The Morgan fingerprint density at radius 3 is 1.79 bits per heavy atom. The molecule has 1 aromatic heterocycles. The molecule has 0 radical (unpaired) electrons. The molecule has 1 heterocycles. The van der Waals surface area contributed by atoms with Crippen molar-refractivity contribution in [3.8, 4) is 28.6 Å². The number of tetrazole rings is 1. The molecule has 0 aliphatic heterocycles. The third kappa shape index (κ3) is 12.7. The molecular weight excluding hydrogens is 960 g/mol. The molecule has 4 aromatic carbocycles. The van der Waals surface area contributed by atoms with Crippen molar-refractivity contribution in [1.82, 2.24) is 39.9 Å². The van der Waals surface area contributed by atoms with E-state index in [9.17, 15) is 23.1 Å². The van der Waals surface area contributed by atoms with Crippen molar-refractivity contribution in [1.29, 1.82) is 0 Å². The molecule has 332 valence electrons. The monoisotopic (exact) mass is 1010 g/mol. The number of sulfonamides is 2. The number of nitrogens with zero attached hydrogens (tertiary/aromatic N) is 5. The second-order valence-electron chi connectivity index (χ2n) is 14.6.